The van der Waals surface area contributed by atoms with Gasteiger partial charge in [-0.05, 0) is 48.2 Å². The third kappa shape index (κ3) is 5.48. The van der Waals surface area contributed by atoms with Gasteiger partial charge in [-0.3, -0.25) is 4.79 Å². The average Bonchev–Trinajstić information content (AvgIpc) is 3.05. The highest BCUT2D eigenvalue weighted by Gasteiger charge is 2.15. The third-order valence-corrected chi connectivity index (χ3v) is 4.00. The van der Waals surface area contributed by atoms with E-state index in [2.05, 4.69) is 10.6 Å². The molecule has 0 radical (unpaired) electrons. The molecular weight excluding hydrogens is 284 g/mol. The quantitative estimate of drug-likeness (QED) is 0.752. The minimum absolute atomic E-state index is 0. The van der Waals surface area contributed by atoms with Crippen LogP contribution in [0.1, 0.15) is 37.4 Å². The fraction of sp³-hybridized carbons (Fsp3) is 0.615. The number of amides is 1. The van der Waals surface area contributed by atoms with Crippen LogP contribution in [-0.4, -0.2) is 30.1 Å². The molecule has 1 aliphatic rings. The zero-order valence-corrected chi connectivity index (χ0v) is 12.4. The lowest BCUT2D eigenvalue weighted by molar-refractivity contribution is -0.121. The van der Waals surface area contributed by atoms with Crippen LogP contribution in [-0.2, 0) is 4.79 Å². The molecule has 1 aromatic rings. The molecule has 19 heavy (non-hydrogen) atoms. The zero-order valence-electron chi connectivity index (χ0n) is 10.8. The van der Waals surface area contributed by atoms with Gasteiger partial charge in [0.05, 0.1) is 6.10 Å². The molecule has 6 heteroatoms. The van der Waals surface area contributed by atoms with Crippen LogP contribution in [0.5, 0.6) is 0 Å². The number of hydrogen-bond donors (Lipinski definition) is 3. The maximum atomic E-state index is 11.6. The van der Waals surface area contributed by atoms with Crippen LogP contribution < -0.4 is 10.6 Å². The molecule has 1 aromatic heterocycles. The molecule has 2 atom stereocenters. The number of rotatable bonds is 6. The lowest BCUT2D eigenvalue weighted by Crippen LogP contribution is -2.30. The minimum Gasteiger partial charge on any atom is -0.387 e. The lowest BCUT2D eigenvalue weighted by Gasteiger charge is -2.12. The Morgan fingerprint density at radius 2 is 2.47 bits per heavy atom. The molecule has 1 aliphatic heterocycles. The maximum Gasteiger partial charge on any atom is 0.220 e. The average molecular weight is 305 g/mol. The van der Waals surface area contributed by atoms with Crippen LogP contribution >= 0.6 is 23.7 Å². The summed E-state index contributed by atoms with van der Waals surface area (Å²) in [6.45, 7) is 1.37. The van der Waals surface area contributed by atoms with Crippen molar-refractivity contribution < 1.29 is 9.90 Å². The molecule has 2 heterocycles. The van der Waals surface area contributed by atoms with Gasteiger partial charge >= 0.3 is 0 Å². The molecule has 0 spiro atoms. The van der Waals surface area contributed by atoms with E-state index in [1.165, 1.54) is 12.8 Å². The molecule has 0 aromatic carbocycles. The summed E-state index contributed by atoms with van der Waals surface area (Å²) in [5, 5.41) is 19.8. The fourth-order valence-corrected chi connectivity index (χ4v) is 2.90. The highest BCUT2D eigenvalue weighted by atomic mass is 35.5. The second-order valence-electron chi connectivity index (χ2n) is 4.71. The SMILES string of the molecule is Cl.O=C(CCC1CCCN1)NCC(O)c1ccsc1. The molecule has 2 unspecified atom stereocenters. The van der Waals surface area contributed by atoms with E-state index in [0.717, 1.165) is 18.5 Å². The van der Waals surface area contributed by atoms with Crippen molar-refractivity contribution >= 4 is 29.7 Å². The number of hydrogen-bond acceptors (Lipinski definition) is 4. The topological polar surface area (TPSA) is 61.4 Å². The predicted molar refractivity (Wildman–Crippen MR) is 79.8 cm³/mol. The van der Waals surface area contributed by atoms with Crippen molar-refractivity contribution in [2.45, 2.75) is 37.8 Å². The van der Waals surface area contributed by atoms with Crippen LogP contribution in [0.4, 0.5) is 0 Å². The van der Waals surface area contributed by atoms with Crippen molar-refractivity contribution in [3.8, 4) is 0 Å². The molecule has 1 saturated heterocycles. The zero-order chi connectivity index (χ0) is 12.8. The van der Waals surface area contributed by atoms with Gasteiger partial charge in [-0.25, -0.2) is 0 Å². The first-order chi connectivity index (χ1) is 8.75. The molecule has 0 saturated carbocycles. The number of thiophene rings is 1. The summed E-state index contributed by atoms with van der Waals surface area (Å²) in [6.07, 6.45) is 3.22. The Hall–Kier alpha value is -0.620. The molecule has 1 amide bonds. The standard InChI is InChI=1S/C13H20N2O2S.ClH/c16-12(10-5-7-18-9-10)8-15-13(17)4-3-11-2-1-6-14-11;/h5,7,9,11-12,14,16H,1-4,6,8H2,(H,15,17);1H. The number of aliphatic hydroxyl groups excluding tert-OH is 1. The summed E-state index contributed by atoms with van der Waals surface area (Å²) in [7, 11) is 0. The molecule has 1 fully saturated rings. The second-order valence-corrected chi connectivity index (χ2v) is 5.49. The number of halogens is 1. The molecule has 4 nitrogen and oxygen atoms in total. The van der Waals surface area contributed by atoms with Crippen molar-refractivity contribution in [1.82, 2.24) is 10.6 Å². The Morgan fingerprint density at radius 1 is 1.63 bits per heavy atom. The van der Waals surface area contributed by atoms with Gasteiger partial charge in [-0.2, -0.15) is 11.3 Å². The van der Waals surface area contributed by atoms with E-state index < -0.39 is 6.10 Å². The Morgan fingerprint density at radius 3 is 3.11 bits per heavy atom. The Bertz CT molecular complexity index is 367. The Balaban J connectivity index is 0.00000180. The number of carbonyl (C=O) groups excluding carboxylic acids is 1. The van der Waals surface area contributed by atoms with Crippen LogP contribution in [0.25, 0.3) is 0 Å². The van der Waals surface area contributed by atoms with Crippen molar-refractivity contribution in [1.29, 1.82) is 0 Å². The van der Waals surface area contributed by atoms with E-state index in [1.807, 2.05) is 16.8 Å². The Kier molecular flexibility index (Phi) is 7.38. The van der Waals surface area contributed by atoms with Crippen molar-refractivity contribution in [2.75, 3.05) is 13.1 Å². The predicted octanol–water partition coefficient (Wildman–Crippen LogP) is 1.85. The maximum absolute atomic E-state index is 11.6. The molecule has 3 N–H and O–H groups in total. The van der Waals surface area contributed by atoms with Gasteiger partial charge in [0, 0.05) is 19.0 Å². The van der Waals surface area contributed by atoms with E-state index in [-0.39, 0.29) is 18.3 Å². The normalized spacial score (nSPS) is 19.7. The molecule has 0 aliphatic carbocycles. The van der Waals surface area contributed by atoms with Crippen LogP contribution in [0.2, 0.25) is 0 Å². The smallest absolute Gasteiger partial charge is 0.220 e. The summed E-state index contributed by atoms with van der Waals surface area (Å²) >= 11 is 1.55. The first kappa shape index (κ1) is 16.4. The largest absolute Gasteiger partial charge is 0.387 e. The van der Waals surface area contributed by atoms with Gasteiger partial charge in [-0.1, -0.05) is 0 Å². The minimum atomic E-state index is -0.593. The summed E-state index contributed by atoms with van der Waals surface area (Å²) in [5.74, 6) is 0.0259. The first-order valence-corrected chi connectivity index (χ1v) is 7.40. The highest BCUT2D eigenvalue weighted by Crippen LogP contribution is 2.15. The van der Waals surface area contributed by atoms with Gasteiger partial charge in [0.15, 0.2) is 0 Å². The molecule has 0 bridgehead atoms. The van der Waals surface area contributed by atoms with E-state index in [1.54, 1.807) is 11.3 Å². The summed E-state index contributed by atoms with van der Waals surface area (Å²) < 4.78 is 0. The Labute approximate surface area is 124 Å². The van der Waals surface area contributed by atoms with Gasteiger partial charge in [0.2, 0.25) is 5.91 Å². The number of aliphatic hydroxyl groups is 1. The van der Waals surface area contributed by atoms with E-state index in [0.29, 0.717) is 19.0 Å². The van der Waals surface area contributed by atoms with Crippen LogP contribution in [0.15, 0.2) is 16.8 Å². The van der Waals surface area contributed by atoms with Crippen molar-refractivity contribution in [3.05, 3.63) is 22.4 Å². The van der Waals surface area contributed by atoms with Crippen LogP contribution in [0.3, 0.4) is 0 Å². The summed E-state index contributed by atoms with van der Waals surface area (Å²) in [4.78, 5) is 11.6. The second kappa shape index (κ2) is 8.53. The third-order valence-electron chi connectivity index (χ3n) is 3.30. The van der Waals surface area contributed by atoms with Gasteiger partial charge in [0.1, 0.15) is 0 Å². The van der Waals surface area contributed by atoms with E-state index >= 15 is 0 Å². The van der Waals surface area contributed by atoms with Crippen molar-refractivity contribution in [3.63, 3.8) is 0 Å². The van der Waals surface area contributed by atoms with E-state index in [4.69, 9.17) is 0 Å². The van der Waals surface area contributed by atoms with Crippen molar-refractivity contribution in [2.24, 2.45) is 0 Å². The summed E-state index contributed by atoms with van der Waals surface area (Å²) in [5.41, 5.74) is 0.873. The van der Waals surface area contributed by atoms with Gasteiger partial charge in [-0.15, -0.1) is 12.4 Å². The number of nitrogens with one attached hydrogen (secondary N) is 2. The van der Waals surface area contributed by atoms with Gasteiger partial charge < -0.3 is 15.7 Å². The summed E-state index contributed by atoms with van der Waals surface area (Å²) in [6, 6.07) is 2.38. The molecule has 2 rings (SSSR count). The lowest BCUT2D eigenvalue weighted by atomic mass is 10.1. The first-order valence-electron chi connectivity index (χ1n) is 6.46. The molecule has 108 valence electrons. The monoisotopic (exact) mass is 304 g/mol. The van der Waals surface area contributed by atoms with Gasteiger partial charge in [0.25, 0.3) is 0 Å². The van der Waals surface area contributed by atoms with E-state index in [9.17, 15) is 9.90 Å². The fourth-order valence-electron chi connectivity index (χ4n) is 2.19. The van der Waals surface area contributed by atoms with Crippen LogP contribution in [0, 0.1) is 0 Å². The number of carbonyl (C=O) groups is 1. The highest BCUT2D eigenvalue weighted by molar-refractivity contribution is 7.07. The molecular formula is C13H21ClN2O2S.